The number of halogens is 1. The minimum Gasteiger partial charge on any atom is -0.360 e. The zero-order valence-electron chi connectivity index (χ0n) is 8.63. The van der Waals surface area contributed by atoms with Crippen molar-refractivity contribution in [1.29, 1.82) is 0 Å². The summed E-state index contributed by atoms with van der Waals surface area (Å²) in [6.45, 7) is 0.0817. The highest BCUT2D eigenvalue weighted by Crippen LogP contribution is 2.14. The predicted octanol–water partition coefficient (Wildman–Crippen LogP) is 1.92. The molecule has 1 N–H and O–H groups in total. The number of hydrogen-bond acceptors (Lipinski definition) is 4. The SMILES string of the molecule is O=S(=O)(NCc1ccno1)c1ccc(Br)cc1. The quantitative estimate of drug-likeness (QED) is 0.935. The van der Waals surface area contributed by atoms with Gasteiger partial charge in [0.2, 0.25) is 10.0 Å². The van der Waals surface area contributed by atoms with Gasteiger partial charge in [0, 0.05) is 10.5 Å². The molecule has 5 nitrogen and oxygen atoms in total. The minimum absolute atomic E-state index is 0.0817. The lowest BCUT2D eigenvalue weighted by molar-refractivity contribution is 0.380. The Morgan fingerprint density at radius 3 is 2.53 bits per heavy atom. The van der Waals surface area contributed by atoms with Crippen molar-refractivity contribution in [3.63, 3.8) is 0 Å². The number of nitrogens with zero attached hydrogens (tertiary/aromatic N) is 1. The van der Waals surface area contributed by atoms with E-state index < -0.39 is 10.0 Å². The van der Waals surface area contributed by atoms with E-state index in [9.17, 15) is 8.42 Å². The predicted molar refractivity (Wildman–Crippen MR) is 64.7 cm³/mol. The van der Waals surface area contributed by atoms with Gasteiger partial charge in [0.15, 0.2) is 5.76 Å². The van der Waals surface area contributed by atoms with Crippen LogP contribution in [0.15, 0.2) is 50.4 Å². The first-order valence-corrected chi connectivity index (χ1v) is 7.00. The van der Waals surface area contributed by atoms with E-state index >= 15 is 0 Å². The second kappa shape index (κ2) is 4.99. The molecule has 0 saturated heterocycles. The van der Waals surface area contributed by atoms with Gasteiger partial charge >= 0.3 is 0 Å². The van der Waals surface area contributed by atoms with Gasteiger partial charge in [-0.3, -0.25) is 0 Å². The van der Waals surface area contributed by atoms with Crippen LogP contribution in [-0.2, 0) is 16.6 Å². The Morgan fingerprint density at radius 1 is 1.24 bits per heavy atom. The standard InChI is InChI=1S/C10H9BrN2O3S/c11-8-1-3-10(4-2-8)17(14,15)13-7-9-5-6-12-16-9/h1-6,13H,7H2. The number of sulfonamides is 1. The lowest BCUT2D eigenvalue weighted by Crippen LogP contribution is -2.22. The van der Waals surface area contributed by atoms with Gasteiger partial charge in [-0.2, -0.15) is 0 Å². The van der Waals surface area contributed by atoms with Gasteiger partial charge < -0.3 is 4.52 Å². The van der Waals surface area contributed by atoms with Crippen LogP contribution in [0.2, 0.25) is 0 Å². The van der Waals surface area contributed by atoms with Gasteiger partial charge in [0.25, 0.3) is 0 Å². The first kappa shape index (κ1) is 12.3. The maximum absolute atomic E-state index is 11.9. The molecule has 2 rings (SSSR count). The van der Waals surface area contributed by atoms with Gasteiger partial charge in [-0.15, -0.1) is 0 Å². The van der Waals surface area contributed by atoms with Crippen LogP contribution in [0.5, 0.6) is 0 Å². The van der Waals surface area contributed by atoms with Crippen LogP contribution in [0.1, 0.15) is 5.76 Å². The van der Waals surface area contributed by atoms with Crippen molar-refractivity contribution >= 4 is 26.0 Å². The molecule has 0 aliphatic rings. The summed E-state index contributed by atoms with van der Waals surface area (Å²) >= 11 is 3.24. The van der Waals surface area contributed by atoms with Crippen molar-refractivity contribution in [1.82, 2.24) is 9.88 Å². The molecule has 0 bridgehead atoms. The highest BCUT2D eigenvalue weighted by Gasteiger charge is 2.13. The molecule has 0 atom stereocenters. The van der Waals surface area contributed by atoms with Gasteiger partial charge in [-0.1, -0.05) is 21.1 Å². The van der Waals surface area contributed by atoms with Crippen LogP contribution in [0.3, 0.4) is 0 Å². The van der Waals surface area contributed by atoms with Gasteiger partial charge in [-0.05, 0) is 24.3 Å². The molecule has 90 valence electrons. The fraction of sp³-hybridized carbons (Fsp3) is 0.100. The summed E-state index contributed by atoms with van der Waals surface area (Å²) in [5.41, 5.74) is 0. The largest absolute Gasteiger partial charge is 0.360 e. The molecule has 1 aromatic heterocycles. The maximum Gasteiger partial charge on any atom is 0.240 e. The van der Waals surface area contributed by atoms with Crippen LogP contribution in [0.25, 0.3) is 0 Å². The summed E-state index contributed by atoms with van der Waals surface area (Å²) in [6, 6.07) is 7.98. The van der Waals surface area contributed by atoms with Crippen molar-refractivity contribution in [2.24, 2.45) is 0 Å². The molecule has 0 unspecified atom stereocenters. The van der Waals surface area contributed by atoms with Crippen molar-refractivity contribution in [2.45, 2.75) is 11.4 Å². The Bertz CT molecular complexity index is 579. The monoisotopic (exact) mass is 316 g/mol. The van der Waals surface area contributed by atoms with E-state index in [1.54, 1.807) is 18.2 Å². The zero-order valence-corrected chi connectivity index (χ0v) is 11.0. The van der Waals surface area contributed by atoms with E-state index in [-0.39, 0.29) is 11.4 Å². The Balaban J connectivity index is 2.11. The van der Waals surface area contributed by atoms with E-state index in [1.807, 2.05) is 0 Å². The molecular formula is C10H9BrN2O3S. The molecular weight excluding hydrogens is 308 g/mol. The molecule has 0 spiro atoms. The molecule has 17 heavy (non-hydrogen) atoms. The Labute approximate surface area is 107 Å². The van der Waals surface area contributed by atoms with Crippen molar-refractivity contribution < 1.29 is 12.9 Å². The minimum atomic E-state index is -3.51. The Kier molecular flexibility index (Phi) is 3.60. The highest BCUT2D eigenvalue weighted by atomic mass is 79.9. The lowest BCUT2D eigenvalue weighted by atomic mass is 10.4. The topological polar surface area (TPSA) is 72.2 Å². The van der Waals surface area contributed by atoms with Crippen LogP contribution in [0.4, 0.5) is 0 Å². The van der Waals surface area contributed by atoms with E-state index in [1.165, 1.54) is 18.3 Å². The first-order valence-electron chi connectivity index (χ1n) is 4.73. The Hall–Kier alpha value is -1.18. The third-order valence-corrected chi connectivity index (χ3v) is 4.00. The molecule has 0 aliphatic heterocycles. The summed E-state index contributed by atoms with van der Waals surface area (Å²) in [7, 11) is -3.51. The summed E-state index contributed by atoms with van der Waals surface area (Å²) in [4.78, 5) is 0.209. The lowest BCUT2D eigenvalue weighted by Gasteiger charge is -2.04. The molecule has 0 radical (unpaired) electrons. The van der Waals surface area contributed by atoms with Crippen LogP contribution in [0, 0.1) is 0 Å². The average molecular weight is 317 g/mol. The van der Waals surface area contributed by atoms with Crippen LogP contribution < -0.4 is 4.72 Å². The van der Waals surface area contributed by atoms with Crippen LogP contribution >= 0.6 is 15.9 Å². The van der Waals surface area contributed by atoms with E-state index in [0.717, 1.165) is 4.47 Å². The second-order valence-corrected chi connectivity index (χ2v) is 5.94. The van der Waals surface area contributed by atoms with Crippen molar-refractivity contribution in [3.8, 4) is 0 Å². The first-order chi connectivity index (χ1) is 8.08. The summed E-state index contributed by atoms with van der Waals surface area (Å²) in [6.07, 6.45) is 1.46. The van der Waals surface area contributed by atoms with E-state index in [0.29, 0.717) is 5.76 Å². The molecule has 1 aromatic carbocycles. The van der Waals surface area contributed by atoms with Crippen LogP contribution in [-0.4, -0.2) is 13.6 Å². The van der Waals surface area contributed by atoms with Crippen molar-refractivity contribution in [2.75, 3.05) is 0 Å². The van der Waals surface area contributed by atoms with E-state index in [4.69, 9.17) is 4.52 Å². The normalized spacial score (nSPS) is 11.6. The molecule has 0 saturated carbocycles. The molecule has 0 fully saturated rings. The maximum atomic E-state index is 11.9. The number of benzene rings is 1. The number of rotatable bonds is 4. The summed E-state index contributed by atoms with van der Waals surface area (Å²) in [5, 5.41) is 3.49. The zero-order chi connectivity index (χ0) is 12.3. The third-order valence-electron chi connectivity index (χ3n) is 2.05. The Morgan fingerprint density at radius 2 is 1.94 bits per heavy atom. The average Bonchev–Trinajstić information content (AvgIpc) is 2.80. The molecule has 0 amide bonds. The third kappa shape index (κ3) is 3.15. The molecule has 7 heteroatoms. The summed E-state index contributed by atoms with van der Waals surface area (Å²) < 4.78 is 31.7. The number of nitrogens with one attached hydrogen (secondary N) is 1. The highest BCUT2D eigenvalue weighted by molar-refractivity contribution is 9.10. The fourth-order valence-electron chi connectivity index (χ4n) is 1.20. The van der Waals surface area contributed by atoms with Gasteiger partial charge in [-0.25, -0.2) is 13.1 Å². The molecule has 1 heterocycles. The van der Waals surface area contributed by atoms with Crippen molar-refractivity contribution in [3.05, 3.63) is 46.8 Å². The number of hydrogen-bond donors (Lipinski definition) is 1. The summed E-state index contributed by atoms with van der Waals surface area (Å²) in [5.74, 6) is 0.464. The smallest absolute Gasteiger partial charge is 0.240 e. The van der Waals surface area contributed by atoms with Gasteiger partial charge in [0.05, 0.1) is 17.6 Å². The molecule has 2 aromatic rings. The van der Waals surface area contributed by atoms with E-state index in [2.05, 4.69) is 25.8 Å². The second-order valence-electron chi connectivity index (χ2n) is 3.26. The number of aromatic nitrogens is 1. The van der Waals surface area contributed by atoms with Gasteiger partial charge in [0.1, 0.15) is 0 Å². The fourth-order valence-corrected chi connectivity index (χ4v) is 2.45. The molecule has 0 aliphatic carbocycles.